The van der Waals surface area contributed by atoms with Gasteiger partial charge >= 0.3 is 0 Å². The lowest BCUT2D eigenvalue weighted by Gasteiger charge is -2.39. The van der Waals surface area contributed by atoms with Gasteiger partial charge < -0.3 is 14.5 Å². The molecule has 2 fully saturated rings. The van der Waals surface area contributed by atoms with Crippen LogP contribution in [0.15, 0.2) is 30.3 Å². The maximum atomic E-state index is 12.9. The number of carbonyl (C=O) groups is 1. The maximum Gasteiger partial charge on any atom is 0.226 e. The number of hydrogen-bond donors (Lipinski definition) is 0. The first kappa shape index (κ1) is 18.4. The Bertz CT molecular complexity index is 538. The van der Waals surface area contributed by atoms with Crippen LogP contribution in [-0.4, -0.2) is 54.0 Å². The van der Waals surface area contributed by atoms with Gasteiger partial charge in [-0.2, -0.15) is 0 Å². The van der Waals surface area contributed by atoms with Crippen LogP contribution < -0.4 is 0 Å². The summed E-state index contributed by atoms with van der Waals surface area (Å²) in [6.45, 7) is 8.88. The molecule has 0 aliphatic carbocycles. The van der Waals surface area contributed by atoms with Gasteiger partial charge in [0.2, 0.25) is 5.91 Å². The standard InChI is InChI=1S/C21H32N2O2/c1-17(2)23-12-6-9-19(15-23)21(24)22-13-10-20(11-14-22)25-16-18-7-4-3-5-8-18/h3-5,7-8,17,19-20H,6,9-16H2,1-2H3/t19-/m0/s1. The summed E-state index contributed by atoms with van der Waals surface area (Å²) in [5.74, 6) is 0.560. The zero-order chi connectivity index (χ0) is 17.6. The molecule has 1 aromatic carbocycles. The predicted octanol–water partition coefficient (Wildman–Crippen LogP) is 3.31. The topological polar surface area (TPSA) is 32.8 Å². The summed E-state index contributed by atoms with van der Waals surface area (Å²) in [4.78, 5) is 17.4. The van der Waals surface area contributed by atoms with Gasteiger partial charge in [-0.15, -0.1) is 0 Å². The highest BCUT2D eigenvalue weighted by molar-refractivity contribution is 5.79. The lowest BCUT2D eigenvalue weighted by atomic mass is 9.94. The number of nitrogens with zero attached hydrogens (tertiary/aromatic N) is 2. The highest BCUT2D eigenvalue weighted by Gasteiger charge is 2.32. The Hall–Kier alpha value is -1.39. The van der Waals surface area contributed by atoms with Crippen molar-refractivity contribution in [1.82, 2.24) is 9.80 Å². The normalized spacial score (nSPS) is 23.2. The van der Waals surface area contributed by atoms with Gasteiger partial charge in [0.05, 0.1) is 18.6 Å². The molecule has 0 N–H and O–H groups in total. The van der Waals surface area contributed by atoms with Crippen molar-refractivity contribution in [2.45, 2.75) is 58.3 Å². The summed E-state index contributed by atoms with van der Waals surface area (Å²) in [5.41, 5.74) is 1.22. The minimum absolute atomic E-state index is 0.193. The highest BCUT2D eigenvalue weighted by atomic mass is 16.5. The summed E-state index contributed by atoms with van der Waals surface area (Å²) in [6.07, 6.45) is 4.39. The minimum Gasteiger partial charge on any atom is -0.373 e. The van der Waals surface area contributed by atoms with Gasteiger partial charge in [-0.3, -0.25) is 4.79 Å². The third kappa shape index (κ3) is 5.05. The molecule has 138 valence electrons. The first-order valence-electron chi connectivity index (χ1n) is 9.82. The fourth-order valence-corrected chi connectivity index (χ4v) is 3.97. The number of rotatable bonds is 5. The van der Waals surface area contributed by atoms with Crippen LogP contribution in [0.2, 0.25) is 0 Å². The van der Waals surface area contributed by atoms with Gasteiger partial charge in [0.25, 0.3) is 0 Å². The van der Waals surface area contributed by atoms with Crippen molar-refractivity contribution in [1.29, 1.82) is 0 Å². The molecule has 4 heteroatoms. The van der Waals surface area contributed by atoms with Crippen molar-refractivity contribution in [2.24, 2.45) is 5.92 Å². The van der Waals surface area contributed by atoms with Gasteiger partial charge in [0.1, 0.15) is 0 Å². The summed E-state index contributed by atoms with van der Waals surface area (Å²) >= 11 is 0. The zero-order valence-corrected chi connectivity index (χ0v) is 15.7. The molecule has 3 rings (SSSR count). The Morgan fingerprint density at radius 1 is 1.12 bits per heavy atom. The third-order valence-electron chi connectivity index (χ3n) is 5.61. The molecule has 0 unspecified atom stereocenters. The molecule has 2 aliphatic rings. The number of hydrogen-bond acceptors (Lipinski definition) is 3. The predicted molar refractivity (Wildman–Crippen MR) is 100 cm³/mol. The fourth-order valence-electron chi connectivity index (χ4n) is 3.97. The number of piperidine rings is 2. The minimum atomic E-state index is 0.193. The van der Waals surface area contributed by atoms with Crippen molar-refractivity contribution in [3.8, 4) is 0 Å². The van der Waals surface area contributed by atoms with E-state index in [1.165, 1.54) is 5.56 Å². The van der Waals surface area contributed by atoms with Crippen molar-refractivity contribution in [3.05, 3.63) is 35.9 Å². The quantitative estimate of drug-likeness (QED) is 0.821. The van der Waals surface area contributed by atoms with Crippen LogP contribution in [0.4, 0.5) is 0 Å². The van der Waals surface area contributed by atoms with Crippen LogP contribution in [0.5, 0.6) is 0 Å². The van der Waals surface area contributed by atoms with E-state index in [-0.39, 0.29) is 12.0 Å². The van der Waals surface area contributed by atoms with E-state index in [2.05, 4.69) is 35.8 Å². The number of amides is 1. The fraction of sp³-hybridized carbons (Fsp3) is 0.667. The van der Waals surface area contributed by atoms with Crippen molar-refractivity contribution in [3.63, 3.8) is 0 Å². The molecule has 1 amide bonds. The third-order valence-corrected chi connectivity index (χ3v) is 5.61. The van der Waals surface area contributed by atoms with E-state index >= 15 is 0 Å². The van der Waals surface area contributed by atoms with Crippen molar-refractivity contribution in [2.75, 3.05) is 26.2 Å². The van der Waals surface area contributed by atoms with Crippen LogP contribution in [-0.2, 0) is 16.1 Å². The molecule has 2 aliphatic heterocycles. The number of ether oxygens (including phenoxy) is 1. The Kier molecular flexibility index (Phi) is 6.49. The maximum absolute atomic E-state index is 12.9. The molecule has 0 radical (unpaired) electrons. The van der Waals surface area contributed by atoms with Gasteiger partial charge in [0, 0.05) is 25.7 Å². The van der Waals surface area contributed by atoms with E-state index in [1.54, 1.807) is 0 Å². The van der Waals surface area contributed by atoms with E-state index in [4.69, 9.17) is 4.74 Å². The van der Waals surface area contributed by atoms with E-state index in [0.29, 0.717) is 18.6 Å². The molecule has 2 saturated heterocycles. The Labute approximate surface area is 152 Å². The largest absolute Gasteiger partial charge is 0.373 e. The SMILES string of the molecule is CC(C)N1CCC[C@H](C(=O)N2CCC(OCc3ccccc3)CC2)C1. The van der Waals surface area contributed by atoms with Crippen LogP contribution in [0, 0.1) is 5.92 Å². The number of carbonyl (C=O) groups excluding carboxylic acids is 1. The number of benzene rings is 1. The lowest BCUT2D eigenvalue weighted by Crippen LogP contribution is -2.49. The first-order valence-corrected chi connectivity index (χ1v) is 9.82. The van der Waals surface area contributed by atoms with E-state index in [9.17, 15) is 4.79 Å². The molecular formula is C21H32N2O2. The summed E-state index contributed by atoms with van der Waals surface area (Å²) in [7, 11) is 0. The smallest absolute Gasteiger partial charge is 0.226 e. The number of likely N-dealkylation sites (tertiary alicyclic amines) is 2. The molecule has 0 spiro atoms. The zero-order valence-electron chi connectivity index (χ0n) is 15.7. The van der Waals surface area contributed by atoms with Crippen LogP contribution >= 0.6 is 0 Å². The molecular weight excluding hydrogens is 312 g/mol. The lowest BCUT2D eigenvalue weighted by molar-refractivity contribution is -0.140. The average Bonchev–Trinajstić information content (AvgIpc) is 2.67. The van der Waals surface area contributed by atoms with Gasteiger partial charge in [-0.05, 0) is 51.6 Å². The Balaban J connectivity index is 1.43. The van der Waals surface area contributed by atoms with Gasteiger partial charge in [-0.25, -0.2) is 0 Å². The Morgan fingerprint density at radius 2 is 1.84 bits per heavy atom. The molecule has 25 heavy (non-hydrogen) atoms. The monoisotopic (exact) mass is 344 g/mol. The van der Waals surface area contributed by atoms with E-state index in [0.717, 1.165) is 51.9 Å². The molecule has 0 aromatic heterocycles. The highest BCUT2D eigenvalue weighted by Crippen LogP contribution is 2.23. The van der Waals surface area contributed by atoms with Gasteiger partial charge in [0.15, 0.2) is 0 Å². The summed E-state index contributed by atoms with van der Waals surface area (Å²) < 4.78 is 6.04. The second-order valence-corrected chi connectivity index (χ2v) is 7.75. The van der Waals surface area contributed by atoms with Gasteiger partial charge in [-0.1, -0.05) is 30.3 Å². The second-order valence-electron chi connectivity index (χ2n) is 7.75. The van der Waals surface area contributed by atoms with Crippen molar-refractivity contribution < 1.29 is 9.53 Å². The van der Waals surface area contributed by atoms with Crippen LogP contribution in [0.1, 0.15) is 45.1 Å². The van der Waals surface area contributed by atoms with E-state index in [1.807, 2.05) is 18.2 Å². The molecule has 2 heterocycles. The second kappa shape index (κ2) is 8.81. The van der Waals surface area contributed by atoms with E-state index < -0.39 is 0 Å². The summed E-state index contributed by atoms with van der Waals surface area (Å²) in [6, 6.07) is 10.9. The summed E-state index contributed by atoms with van der Waals surface area (Å²) in [5, 5.41) is 0. The van der Waals surface area contributed by atoms with Crippen LogP contribution in [0.25, 0.3) is 0 Å². The molecule has 1 atom stereocenters. The average molecular weight is 344 g/mol. The van der Waals surface area contributed by atoms with Crippen molar-refractivity contribution >= 4 is 5.91 Å². The molecule has 0 bridgehead atoms. The Morgan fingerprint density at radius 3 is 2.52 bits per heavy atom. The first-order chi connectivity index (χ1) is 12.1. The molecule has 0 saturated carbocycles. The molecule has 1 aromatic rings. The molecule has 4 nitrogen and oxygen atoms in total. The van der Waals surface area contributed by atoms with Crippen LogP contribution in [0.3, 0.4) is 0 Å².